The first-order valence-electron chi connectivity index (χ1n) is 7.40. The van der Waals surface area contributed by atoms with Crippen molar-refractivity contribution in [2.45, 2.75) is 83.2 Å². The normalized spacial score (nSPS) is 27.6. The van der Waals surface area contributed by atoms with Crippen molar-refractivity contribution in [3.05, 3.63) is 0 Å². The van der Waals surface area contributed by atoms with Crippen LogP contribution in [-0.2, 0) is 4.74 Å². The maximum atomic E-state index is 12.6. The van der Waals surface area contributed by atoms with Crippen molar-refractivity contribution in [2.75, 3.05) is 6.54 Å². The summed E-state index contributed by atoms with van der Waals surface area (Å²) in [5.74, 6) is 0. The first-order chi connectivity index (χ1) is 8.95. The third-order valence-electron chi connectivity index (χ3n) is 3.70. The van der Waals surface area contributed by atoms with Gasteiger partial charge in [0.1, 0.15) is 0 Å². The summed E-state index contributed by atoms with van der Waals surface area (Å²) in [5.41, 5.74) is 0. The summed E-state index contributed by atoms with van der Waals surface area (Å²) in [6.45, 7) is 4.00. The Bertz CT molecular complexity index is 243. The molecule has 1 aliphatic carbocycles. The van der Waals surface area contributed by atoms with E-state index in [1.54, 1.807) is 0 Å². The molecule has 3 atom stereocenters. The Hall–Kier alpha value is -0.290. The molecule has 0 heterocycles. The highest BCUT2D eigenvalue weighted by Crippen LogP contribution is 2.27. The van der Waals surface area contributed by atoms with Gasteiger partial charge in [0.2, 0.25) is 0 Å². The molecule has 0 bridgehead atoms. The first-order valence-corrected chi connectivity index (χ1v) is 7.40. The van der Waals surface area contributed by atoms with Gasteiger partial charge in [-0.05, 0) is 32.7 Å². The summed E-state index contributed by atoms with van der Waals surface area (Å²) in [5, 5.41) is 3.35. The maximum Gasteiger partial charge on any atom is 0.414 e. The van der Waals surface area contributed by atoms with Crippen LogP contribution in [0.5, 0.6) is 0 Å². The van der Waals surface area contributed by atoms with Gasteiger partial charge in [-0.1, -0.05) is 32.6 Å². The molecule has 1 N–H and O–H groups in total. The summed E-state index contributed by atoms with van der Waals surface area (Å²) in [4.78, 5) is 0. The molecule has 2 nitrogen and oxygen atoms in total. The minimum atomic E-state index is -4.27. The summed E-state index contributed by atoms with van der Waals surface area (Å²) in [6, 6.07) is 0.0602. The van der Waals surface area contributed by atoms with Crippen LogP contribution in [0.2, 0.25) is 0 Å². The summed E-state index contributed by atoms with van der Waals surface area (Å²) in [6.07, 6.45) is 0.659. The Balaban J connectivity index is 2.59. The fraction of sp³-hybridized carbons (Fsp3) is 1.00. The van der Waals surface area contributed by atoms with Crippen molar-refractivity contribution in [1.29, 1.82) is 0 Å². The molecule has 0 aromatic rings. The van der Waals surface area contributed by atoms with Gasteiger partial charge in [-0.15, -0.1) is 0 Å². The molecular formula is C14H26F3NO. The molecule has 114 valence electrons. The number of rotatable bonds is 5. The number of hydrogen-bond acceptors (Lipinski definition) is 2. The topological polar surface area (TPSA) is 21.3 Å². The lowest BCUT2D eigenvalue weighted by Crippen LogP contribution is -2.45. The average Bonchev–Trinajstić information content (AvgIpc) is 2.30. The zero-order chi connectivity index (χ0) is 14.3. The van der Waals surface area contributed by atoms with Gasteiger partial charge in [0.15, 0.2) is 6.10 Å². The first kappa shape index (κ1) is 16.8. The van der Waals surface area contributed by atoms with E-state index in [0.717, 1.165) is 52.0 Å². The molecule has 0 aromatic carbocycles. The van der Waals surface area contributed by atoms with Crippen LogP contribution >= 0.6 is 0 Å². The highest BCUT2D eigenvalue weighted by Gasteiger charge is 2.39. The van der Waals surface area contributed by atoms with Crippen LogP contribution in [0.3, 0.4) is 0 Å². The zero-order valence-corrected chi connectivity index (χ0v) is 11.9. The largest absolute Gasteiger partial charge is 0.414 e. The quantitative estimate of drug-likeness (QED) is 0.821. The summed E-state index contributed by atoms with van der Waals surface area (Å²) < 4.78 is 43.2. The predicted octanol–water partition coefficient (Wildman–Crippen LogP) is 4.04. The van der Waals surface area contributed by atoms with E-state index >= 15 is 0 Å². The van der Waals surface area contributed by atoms with Gasteiger partial charge in [-0.2, -0.15) is 13.2 Å². The van der Waals surface area contributed by atoms with Crippen LogP contribution in [0.15, 0.2) is 0 Å². The second-order valence-electron chi connectivity index (χ2n) is 5.41. The summed E-state index contributed by atoms with van der Waals surface area (Å²) in [7, 11) is 0. The molecule has 0 spiro atoms. The van der Waals surface area contributed by atoms with Crippen LogP contribution in [0.1, 0.15) is 58.8 Å². The van der Waals surface area contributed by atoms with Crippen LogP contribution in [0, 0.1) is 0 Å². The van der Waals surface area contributed by atoms with E-state index in [2.05, 4.69) is 12.2 Å². The molecule has 1 rings (SSSR count). The third-order valence-corrected chi connectivity index (χ3v) is 3.70. The van der Waals surface area contributed by atoms with Crippen molar-refractivity contribution < 1.29 is 17.9 Å². The molecule has 1 saturated carbocycles. The van der Waals surface area contributed by atoms with Gasteiger partial charge in [0, 0.05) is 6.04 Å². The maximum absolute atomic E-state index is 12.6. The fourth-order valence-corrected chi connectivity index (χ4v) is 2.52. The second kappa shape index (κ2) is 8.10. The van der Waals surface area contributed by atoms with Gasteiger partial charge in [0.25, 0.3) is 0 Å². The van der Waals surface area contributed by atoms with E-state index < -0.39 is 12.3 Å². The van der Waals surface area contributed by atoms with Gasteiger partial charge >= 0.3 is 6.18 Å². The van der Waals surface area contributed by atoms with E-state index in [1.165, 1.54) is 6.42 Å². The van der Waals surface area contributed by atoms with Gasteiger partial charge in [-0.25, -0.2) is 0 Å². The lowest BCUT2D eigenvalue weighted by molar-refractivity contribution is -0.230. The zero-order valence-electron chi connectivity index (χ0n) is 11.9. The molecular weight excluding hydrogens is 255 g/mol. The molecule has 0 aliphatic heterocycles. The Morgan fingerprint density at radius 1 is 1.16 bits per heavy atom. The van der Waals surface area contributed by atoms with Gasteiger partial charge in [-0.3, -0.25) is 0 Å². The highest BCUT2D eigenvalue weighted by atomic mass is 19.4. The van der Waals surface area contributed by atoms with Crippen molar-refractivity contribution in [1.82, 2.24) is 5.32 Å². The fourth-order valence-electron chi connectivity index (χ4n) is 2.52. The van der Waals surface area contributed by atoms with Crippen molar-refractivity contribution in [2.24, 2.45) is 0 Å². The summed E-state index contributed by atoms with van der Waals surface area (Å²) >= 11 is 0. The van der Waals surface area contributed by atoms with Crippen LogP contribution in [0.4, 0.5) is 13.2 Å². The Kier molecular flexibility index (Phi) is 7.15. The molecule has 1 aliphatic rings. The molecule has 5 heteroatoms. The molecule has 0 radical (unpaired) electrons. The average molecular weight is 281 g/mol. The van der Waals surface area contributed by atoms with Gasteiger partial charge in [0.05, 0.1) is 6.10 Å². The molecule has 0 saturated heterocycles. The predicted molar refractivity (Wildman–Crippen MR) is 70.2 cm³/mol. The minimum absolute atomic E-state index is 0.0602. The molecule has 0 amide bonds. The Morgan fingerprint density at radius 2 is 1.79 bits per heavy atom. The molecule has 3 unspecified atom stereocenters. The van der Waals surface area contributed by atoms with E-state index in [1.807, 2.05) is 0 Å². The SMILES string of the molecule is CCCNC1CCCCCCC1OC(C)C(F)(F)F. The number of nitrogens with one attached hydrogen (secondary N) is 1. The Morgan fingerprint density at radius 3 is 2.37 bits per heavy atom. The Labute approximate surface area is 114 Å². The minimum Gasteiger partial charge on any atom is -0.364 e. The van der Waals surface area contributed by atoms with E-state index in [9.17, 15) is 13.2 Å². The lowest BCUT2D eigenvalue weighted by atomic mass is 9.94. The molecule has 0 aromatic heterocycles. The molecule has 1 fully saturated rings. The van der Waals surface area contributed by atoms with Crippen LogP contribution < -0.4 is 5.32 Å². The number of alkyl halides is 3. The van der Waals surface area contributed by atoms with E-state index in [0.29, 0.717) is 0 Å². The third kappa shape index (κ3) is 6.13. The van der Waals surface area contributed by atoms with Crippen LogP contribution in [-0.4, -0.2) is 31.0 Å². The standard InChI is InChI=1S/C14H26F3NO/c1-3-10-18-12-8-6-4-5-7-9-13(12)19-11(2)14(15,16)17/h11-13,18H,3-10H2,1-2H3. The highest BCUT2D eigenvalue weighted by molar-refractivity contribution is 4.81. The number of halogens is 3. The smallest absolute Gasteiger partial charge is 0.364 e. The van der Waals surface area contributed by atoms with E-state index in [-0.39, 0.29) is 12.1 Å². The number of hydrogen-bond donors (Lipinski definition) is 1. The van der Waals surface area contributed by atoms with Crippen molar-refractivity contribution in [3.63, 3.8) is 0 Å². The van der Waals surface area contributed by atoms with Crippen LogP contribution in [0.25, 0.3) is 0 Å². The number of ether oxygens (including phenoxy) is 1. The second-order valence-corrected chi connectivity index (χ2v) is 5.41. The van der Waals surface area contributed by atoms with E-state index in [4.69, 9.17) is 4.74 Å². The lowest BCUT2D eigenvalue weighted by Gasteiger charge is -2.33. The van der Waals surface area contributed by atoms with Gasteiger partial charge < -0.3 is 10.1 Å². The molecule has 19 heavy (non-hydrogen) atoms. The monoisotopic (exact) mass is 281 g/mol. The van der Waals surface area contributed by atoms with Crippen molar-refractivity contribution in [3.8, 4) is 0 Å². The van der Waals surface area contributed by atoms with Crippen molar-refractivity contribution >= 4 is 0 Å².